The number of ether oxygens (including phenoxy) is 2. The van der Waals surface area contributed by atoms with Crippen molar-refractivity contribution in [3.63, 3.8) is 0 Å². The number of allylic oxidation sites excluding steroid dienone is 3. The number of ketones is 1. The largest absolute Gasteiger partial charge is 0.488 e. The minimum Gasteiger partial charge on any atom is -0.488 e. The van der Waals surface area contributed by atoms with E-state index in [2.05, 4.69) is 46.3 Å². The predicted octanol–water partition coefficient (Wildman–Crippen LogP) is 6.00. The Labute approximate surface area is 200 Å². The third kappa shape index (κ3) is 3.90. The Morgan fingerprint density at radius 2 is 1.94 bits per heavy atom. The minimum absolute atomic E-state index is 0.00825. The Morgan fingerprint density at radius 3 is 2.76 bits per heavy atom. The monoisotopic (exact) mass is 500 g/mol. The van der Waals surface area contributed by atoms with Crippen LogP contribution in [0.2, 0.25) is 0 Å². The highest BCUT2D eigenvalue weighted by atomic mass is 79.9. The molecular formula is C27H21BrN2O3. The Balaban J connectivity index is 1.45. The smallest absolute Gasteiger partial charge is 0.205 e. The molecule has 1 aliphatic heterocycles. The van der Waals surface area contributed by atoms with E-state index in [-0.39, 0.29) is 17.2 Å². The standard InChI is InChI=1S/C27H21BrN2O3/c28-21-13-17(25-20(14-29)27(30)33-24-10-4-9-22(31)26(24)25)11-12-23(21)32-15-18-7-3-6-16-5-1-2-8-19(16)18/h1-3,5-8,11-13,25H,4,9-10,15,30H2/t25-/m1/s1. The van der Waals surface area contributed by atoms with Gasteiger partial charge in [-0.05, 0) is 56.4 Å². The van der Waals surface area contributed by atoms with Gasteiger partial charge in [0.05, 0.1) is 10.4 Å². The molecule has 6 heteroatoms. The molecule has 0 unspecified atom stereocenters. The summed E-state index contributed by atoms with van der Waals surface area (Å²) in [7, 11) is 0. The molecule has 5 nitrogen and oxygen atoms in total. The molecular weight excluding hydrogens is 480 g/mol. The first-order valence-electron chi connectivity index (χ1n) is 10.8. The predicted molar refractivity (Wildman–Crippen MR) is 129 cm³/mol. The first-order valence-corrected chi connectivity index (χ1v) is 11.6. The van der Waals surface area contributed by atoms with Crippen LogP contribution in [0.15, 0.2) is 87.9 Å². The van der Waals surface area contributed by atoms with Crippen LogP contribution in [0.1, 0.15) is 36.3 Å². The molecule has 1 aliphatic carbocycles. The summed E-state index contributed by atoms with van der Waals surface area (Å²) >= 11 is 3.61. The number of Topliss-reactive ketones (excluding diaryl/α,β-unsaturated/α-hetero) is 1. The van der Waals surface area contributed by atoms with E-state index in [9.17, 15) is 10.1 Å². The molecule has 33 heavy (non-hydrogen) atoms. The second-order valence-corrected chi connectivity index (χ2v) is 9.01. The summed E-state index contributed by atoms with van der Waals surface area (Å²) in [6, 6.07) is 22.2. The van der Waals surface area contributed by atoms with Crippen molar-refractivity contribution in [1.29, 1.82) is 5.26 Å². The number of carbonyl (C=O) groups excluding carboxylic acids is 1. The number of carbonyl (C=O) groups is 1. The van der Waals surface area contributed by atoms with Crippen LogP contribution >= 0.6 is 15.9 Å². The molecule has 0 aromatic heterocycles. The summed E-state index contributed by atoms with van der Waals surface area (Å²) < 4.78 is 12.5. The van der Waals surface area contributed by atoms with E-state index in [1.807, 2.05) is 36.4 Å². The third-order valence-corrected chi connectivity index (χ3v) is 6.78. The van der Waals surface area contributed by atoms with Crippen molar-refractivity contribution >= 4 is 32.5 Å². The molecule has 2 aliphatic rings. The van der Waals surface area contributed by atoms with E-state index < -0.39 is 5.92 Å². The van der Waals surface area contributed by atoms with E-state index in [1.165, 1.54) is 5.39 Å². The first kappa shape index (κ1) is 21.3. The molecule has 0 amide bonds. The molecule has 5 rings (SSSR count). The Bertz CT molecular complexity index is 1380. The van der Waals surface area contributed by atoms with Crippen LogP contribution in [-0.2, 0) is 16.1 Å². The van der Waals surface area contributed by atoms with Crippen LogP contribution in [0, 0.1) is 11.3 Å². The number of halogens is 1. The SMILES string of the molecule is N#CC1=C(N)OC2=C(C(=O)CCC2)[C@@H]1c1ccc(OCc2cccc3ccccc23)c(Br)c1. The third-order valence-electron chi connectivity index (χ3n) is 6.16. The lowest BCUT2D eigenvalue weighted by Gasteiger charge is -2.31. The normalized spacial score (nSPS) is 18.1. The minimum atomic E-state index is -0.532. The van der Waals surface area contributed by atoms with Crippen LogP contribution in [0.25, 0.3) is 10.8 Å². The van der Waals surface area contributed by atoms with Crippen molar-refractivity contribution in [2.75, 3.05) is 0 Å². The quantitative estimate of drug-likeness (QED) is 0.474. The van der Waals surface area contributed by atoms with Gasteiger partial charge in [0.1, 0.15) is 29.8 Å². The summed E-state index contributed by atoms with van der Waals surface area (Å²) in [6.07, 6.45) is 1.82. The fourth-order valence-electron chi connectivity index (χ4n) is 4.58. The van der Waals surface area contributed by atoms with Crippen molar-refractivity contribution in [3.05, 3.63) is 99.1 Å². The number of hydrogen-bond acceptors (Lipinski definition) is 5. The van der Waals surface area contributed by atoms with Gasteiger partial charge < -0.3 is 15.2 Å². The number of benzene rings is 3. The second kappa shape index (κ2) is 8.76. The maximum Gasteiger partial charge on any atom is 0.205 e. The van der Waals surface area contributed by atoms with Crippen molar-refractivity contribution in [2.45, 2.75) is 31.8 Å². The highest BCUT2D eigenvalue weighted by molar-refractivity contribution is 9.10. The van der Waals surface area contributed by atoms with E-state index in [0.717, 1.165) is 27.4 Å². The van der Waals surface area contributed by atoms with Crippen LogP contribution < -0.4 is 10.5 Å². The molecule has 0 radical (unpaired) electrons. The van der Waals surface area contributed by atoms with Gasteiger partial charge in [0, 0.05) is 18.4 Å². The molecule has 2 N–H and O–H groups in total. The van der Waals surface area contributed by atoms with Gasteiger partial charge in [-0.25, -0.2) is 0 Å². The molecule has 0 fully saturated rings. The molecule has 164 valence electrons. The zero-order valence-corrected chi connectivity index (χ0v) is 19.4. The molecule has 0 spiro atoms. The van der Waals surface area contributed by atoms with Gasteiger partial charge in [-0.15, -0.1) is 0 Å². The lowest BCUT2D eigenvalue weighted by Crippen LogP contribution is -2.27. The maximum absolute atomic E-state index is 12.8. The summed E-state index contributed by atoms with van der Waals surface area (Å²) in [4.78, 5) is 12.8. The van der Waals surface area contributed by atoms with Gasteiger partial charge in [-0.2, -0.15) is 5.26 Å². The Hall–Kier alpha value is -3.56. The van der Waals surface area contributed by atoms with E-state index in [4.69, 9.17) is 15.2 Å². The Kier molecular flexibility index (Phi) is 5.65. The number of nitriles is 1. The lowest BCUT2D eigenvalue weighted by molar-refractivity contribution is -0.116. The summed E-state index contributed by atoms with van der Waals surface area (Å²) in [5.74, 6) is 0.811. The molecule has 1 heterocycles. The van der Waals surface area contributed by atoms with Gasteiger partial charge in [0.25, 0.3) is 0 Å². The van der Waals surface area contributed by atoms with Crippen LogP contribution in [-0.4, -0.2) is 5.78 Å². The van der Waals surface area contributed by atoms with Gasteiger partial charge >= 0.3 is 0 Å². The number of nitrogens with two attached hydrogens (primary N) is 1. The number of nitrogens with zero attached hydrogens (tertiary/aromatic N) is 1. The van der Waals surface area contributed by atoms with Gasteiger partial charge in [-0.3, -0.25) is 4.79 Å². The van der Waals surface area contributed by atoms with Crippen LogP contribution in [0.4, 0.5) is 0 Å². The number of rotatable bonds is 4. The fraction of sp³-hybridized carbons (Fsp3) is 0.185. The Morgan fingerprint density at radius 1 is 1.12 bits per heavy atom. The van der Waals surface area contributed by atoms with Gasteiger partial charge in [0.2, 0.25) is 5.88 Å². The van der Waals surface area contributed by atoms with Crippen molar-refractivity contribution in [1.82, 2.24) is 0 Å². The highest BCUT2D eigenvalue weighted by Gasteiger charge is 2.38. The summed E-state index contributed by atoms with van der Waals surface area (Å²) in [6.45, 7) is 0.417. The average molecular weight is 501 g/mol. The first-order chi connectivity index (χ1) is 16.1. The highest BCUT2D eigenvalue weighted by Crippen LogP contribution is 2.44. The average Bonchev–Trinajstić information content (AvgIpc) is 2.82. The van der Waals surface area contributed by atoms with Gasteiger partial charge in [0.15, 0.2) is 5.78 Å². The maximum atomic E-state index is 12.8. The fourth-order valence-corrected chi connectivity index (χ4v) is 5.09. The van der Waals surface area contributed by atoms with Crippen LogP contribution in [0.3, 0.4) is 0 Å². The lowest BCUT2D eigenvalue weighted by atomic mass is 9.77. The topological polar surface area (TPSA) is 85.3 Å². The number of fused-ring (bicyclic) bond motifs is 1. The van der Waals surface area contributed by atoms with E-state index >= 15 is 0 Å². The molecule has 1 atom stereocenters. The van der Waals surface area contributed by atoms with Crippen molar-refractivity contribution in [2.24, 2.45) is 5.73 Å². The van der Waals surface area contributed by atoms with Crippen molar-refractivity contribution < 1.29 is 14.3 Å². The second-order valence-electron chi connectivity index (χ2n) is 8.16. The summed E-state index contributed by atoms with van der Waals surface area (Å²) in [5, 5.41) is 12.1. The van der Waals surface area contributed by atoms with Crippen molar-refractivity contribution in [3.8, 4) is 11.8 Å². The molecule has 3 aromatic carbocycles. The molecule has 0 bridgehead atoms. The zero-order valence-electron chi connectivity index (χ0n) is 17.8. The number of hydrogen-bond donors (Lipinski definition) is 1. The van der Waals surface area contributed by atoms with E-state index in [1.54, 1.807) is 0 Å². The molecule has 0 saturated heterocycles. The van der Waals surface area contributed by atoms with Crippen LogP contribution in [0.5, 0.6) is 5.75 Å². The van der Waals surface area contributed by atoms with Gasteiger partial charge in [-0.1, -0.05) is 48.5 Å². The zero-order chi connectivity index (χ0) is 22.9. The molecule has 0 saturated carbocycles. The summed E-state index contributed by atoms with van der Waals surface area (Å²) in [5.41, 5.74) is 8.75. The molecule has 3 aromatic rings. The van der Waals surface area contributed by atoms with E-state index in [0.29, 0.717) is 36.5 Å².